The molecule has 3 aliphatic rings. The molecular formula is C38H42F2N6O3. The van der Waals surface area contributed by atoms with Crippen LogP contribution in [0, 0.1) is 17.7 Å². The van der Waals surface area contributed by atoms with E-state index in [2.05, 4.69) is 26.7 Å². The molecule has 3 fully saturated rings. The number of aromatic nitrogens is 3. The molecule has 3 aliphatic heterocycles. The summed E-state index contributed by atoms with van der Waals surface area (Å²) in [4.78, 5) is 32.8. The molecule has 0 bridgehead atoms. The number of carbonyl (C=O) groups is 1. The molecular weight excluding hydrogens is 626 g/mol. The van der Waals surface area contributed by atoms with E-state index in [0.717, 1.165) is 35.7 Å². The molecule has 0 N–H and O–H groups in total. The number of hydrogen-bond acceptors (Lipinski definition) is 8. The van der Waals surface area contributed by atoms with Gasteiger partial charge in [-0.2, -0.15) is 9.97 Å². The molecule has 11 heteroatoms. The Morgan fingerprint density at radius 2 is 1.94 bits per heavy atom. The van der Waals surface area contributed by atoms with Crippen LogP contribution < -0.4 is 9.64 Å². The summed E-state index contributed by atoms with van der Waals surface area (Å²) in [6, 6.07) is 11.4. The lowest BCUT2D eigenvalue weighted by atomic mass is 9.95. The average Bonchev–Trinajstić information content (AvgIpc) is 3.78. The first kappa shape index (κ1) is 33.0. The van der Waals surface area contributed by atoms with Gasteiger partial charge in [-0.3, -0.25) is 9.88 Å². The standard InChI is InChI=1S/C38H42F2N6O3/c1-6-10-24-11-7-12-25-13-8-14-28(30(24)25)32-31(40)33-29(20-41-32)34(44(5)27-15-18-45(22-27)36(47)49-37(2,3)4)43-35(42-33)48-23-38-16-9-17-46(38)21-26(39)19-38/h7-8,11-14,20,26-27H,9,15-19,21-23H2,1-5H3/t26-,27-,38+/m1/s1. The monoisotopic (exact) mass is 668 g/mol. The van der Waals surface area contributed by atoms with Crippen molar-refractivity contribution in [3.8, 4) is 29.1 Å². The van der Waals surface area contributed by atoms with Crippen LogP contribution in [0.3, 0.4) is 0 Å². The Morgan fingerprint density at radius 1 is 1.14 bits per heavy atom. The molecule has 0 spiro atoms. The first-order chi connectivity index (χ1) is 23.5. The van der Waals surface area contributed by atoms with Crippen molar-refractivity contribution in [2.75, 3.05) is 44.7 Å². The molecule has 49 heavy (non-hydrogen) atoms. The number of ether oxygens (including phenoxy) is 2. The summed E-state index contributed by atoms with van der Waals surface area (Å²) in [5, 5.41) is 2.15. The van der Waals surface area contributed by atoms with E-state index in [1.165, 1.54) is 0 Å². The molecule has 0 saturated carbocycles. The van der Waals surface area contributed by atoms with Crippen LogP contribution in [0.25, 0.3) is 32.9 Å². The van der Waals surface area contributed by atoms with Gasteiger partial charge < -0.3 is 19.3 Å². The van der Waals surface area contributed by atoms with Gasteiger partial charge in [0.05, 0.1) is 10.9 Å². The summed E-state index contributed by atoms with van der Waals surface area (Å²) < 4.78 is 43.4. The van der Waals surface area contributed by atoms with Crippen LogP contribution in [0.5, 0.6) is 6.01 Å². The Kier molecular flexibility index (Phi) is 8.55. The second-order valence-corrected chi connectivity index (χ2v) is 14.4. The van der Waals surface area contributed by atoms with E-state index in [-0.39, 0.29) is 36.0 Å². The van der Waals surface area contributed by atoms with Gasteiger partial charge in [0, 0.05) is 61.9 Å². The summed E-state index contributed by atoms with van der Waals surface area (Å²) >= 11 is 0. The predicted octanol–water partition coefficient (Wildman–Crippen LogP) is 6.76. The van der Waals surface area contributed by atoms with Crippen molar-refractivity contribution in [2.24, 2.45) is 0 Å². The van der Waals surface area contributed by atoms with Gasteiger partial charge in [0.2, 0.25) is 0 Å². The number of rotatable bonds is 6. The minimum atomic E-state index is -0.910. The molecule has 5 heterocycles. The fourth-order valence-corrected chi connectivity index (χ4v) is 7.69. The summed E-state index contributed by atoms with van der Waals surface area (Å²) in [6.07, 6.45) is 3.18. The quantitative estimate of drug-likeness (QED) is 0.209. The average molecular weight is 669 g/mol. The first-order valence-corrected chi connectivity index (χ1v) is 17.0. The maximum absolute atomic E-state index is 16.9. The number of likely N-dealkylation sites (tertiary alicyclic amines) is 1. The second-order valence-electron chi connectivity index (χ2n) is 14.4. The van der Waals surface area contributed by atoms with Crippen molar-refractivity contribution in [2.45, 2.75) is 76.7 Å². The van der Waals surface area contributed by atoms with Crippen LogP contribution in [-0.4, -0.2) is 94.0 Å². The van der Waals surface area contributed by atoms with Crippen molar-refractivity contribution in [1.29, 1.82) is 0 Å². The molecule has 1 amide bonds. The summed E-state index contributed by atoms with van der Waals surface area (Å²) in [5.74, 6) is 5.96. The Hall–Kier alpha value is -4.56. The Bertz CT molecular complexity index is 1980. The van der Waals surface area contributed by atoms with Crippen LogP contribution >= 0.6 is 0 Å². The number of amides is 1. The third-order valence-corrected chi connectivity index (χ3v) is 9.99. The number of alkyl halides is 1. The van der Waals surface area contributed by atoms with E-state index in [1.807, 2.05) is 69.1 Å². The highest BCUT2D eigenvalue weighted by molar-refractivity contribution is 6.02. The minimum absolute atomic E-state index is 0.0198. The molecule has 0 unspecified atom stereocenters. The summed E-state index contributed by atoms with van der Waals surface area (Å²) in [6.45, 7) is 9.65. The number of fused-ring (bicyclic) bond motifs is 3. The first-order valence-electron chi connectivity index (χ1n) is 17.0. The highest BCUT2D eigenvalue weighted by Crippen LogP contribution is 2.41. The zero-order chi connectivity index (χ0) is 34.5. The van der Waals surface area contributed by atoms with E-state index in [4.69, 9.17) is 14.5 Å². The molecule has 2 aromatic carbocycles. The van der Waals surface area contributed by atoms with Gasteiger partial charge in [-0.15, -0.1) is 5.92 Å². The Balaban J connectivity index is 1.30. The molecule has 7 rings (SSSR count). The fraction of sp³-hybridized carbons (Fsp3) is 0.474. The Morgan fingerprint density at radius 3 is 2.71 bits per heavy atom. The molecule has 9 nitrogen and oxygen atoms in total. The fourth-order valence-electron chi connectivity index (χ4n) is 7.69. The van der Waals surface area contributed by atoms with E-state index >= 15 is 4.39 Å². The van der Waals surface area contributed by atoms with Gasteiger partial charge in [0.15, 0.2) is 5.82 Å². The number of pyridine rings is 1. The highest BCUT2D eigenvalue weighted by Gasteiger charge is 2.49. The SMILES string of the molecule is CC#Cc1cccc2cccc(-c3ncc4c(N(C)[C@@H]5CCN(C(=O)OC(C)(C)C)C5)nc(OC[C@@]56CCCN5C[C@H](F)C6)nc4c3F)c12. The molecule has 0 radical (unpaired) electrons. The van der Waals surface area contributed by atoms with Gasteiger partial charge in [0.1, 0.15) is 35.4 Å². The van der Waals surface area contributed by atoms with Gasteiger partial charge >= 0.3 is 12.1 Å². The van der Waals surface area contributed by atoms with E-state index in [9.17, 15) is 9.18 Å². The van der Waals surface area contributed by atoms with E-state index < -0.39 is 23.1 Å². The number of likely N-dealkylation sites (N-methyl/N-ethyl adjacent to an activating group) is 1. The smallest absolute Gasteiger partial charge is 0.410 e. The number of benzene rings is 2. The molecule has 3 atom stereocenters. The van der Waals surface area contributed by atoms with Crippen molar-refractivity contribution >= 4 is 33.6 Å². The predicted molar refractivity (Wildman–Crippen MR) is 186 cm³/mol. The van der Waals surface area contributed by atoms with Crippen LogP contribution in [0.2, 0.25) is 0 Å². The van der Waals surface area contributed by atoms with Gasteiger partial charge in [-0.25, -0.2) is 13.6 Å². The third-order valence-electron chi connectivity index (χ3n) is 9.99. The number of halogens is 2. The number of nitrogens with zero attached hydrogens (tertiary/aromatic N) is 6. The lowest BCUT2D eigenvalue weighted by Gasteiger charge is -2.31. The largest absolute Gasteiger partial charge is 0.461 e. The van der Waals surface area contributed by atoms with E-state index in [1.54, 1.807) is 18.0 Å². The maximum Gasteiger partial charge on any atom is 0.410 e. The topological polar surface area (TPSA) is 83.9 Å². The summed E-state index contributed by atoms with van der Waals surface area (Å²) in [7, 11) is 1.88. The molecule has 3 saturated heterocycles. The van der Waals surface area contributed by atoms with Crippen molar-refractivity contribution in [3.05, 3.63) is 54.0 Å². The minimum Gasteiger partial charge on any atom is -0.461 e. The number of anilines is 1. The van der Waals surface area contributed by atoms with Crippen molar-refractivity contribution in [3.63, 3.8) is 0 Å². The zero-order valence-electron chi connectivity index (χ0n) is 28.7. The van der Waals surface area contributed by atoms with Crippen LogP contribution in [0.15, 0.2) is 42.6 Å². The van der Waals surface area contributed by atoms with Crippen LogP contribution in [-0.2, 0) is 4.74 Å². The van der Waals surface area contributed by atoms with Crippen LogP contribution in [0.4, 0.5) is 19.4 Å². The molecule has 0 aliphatic carbocycles. The van der Waals surface area contributed by atoms with Crippen molar-refractivity contribution < 1.29 is 23.0 Å². The normalized spacial score (nSPS) is 22.3. The molecule has 4 aromatic rings. The van der Waals surface area contributed by atoms with E-state index in [0.29, 0.717) is 49.2 Å². The molecule has 256 valence electrons. The second kappa shape index (κ2) is 12.7. The van der Waals surface area contributed by atoms with Gasteiger partial charge in [0.25, 0.3) is 0 Å². The maximum atomic E-state index is 16.9. The lowest BCUT2D eigenvalue weighted by Crippen LogP contribution is -2.43. The zero-order valence-corrected chi connectivity index (χ0v) is 28.7. The Labute approximate surface area is 285 Å². The summed E-state index contributed by atoms with van der Waals surface area (Å²) in [5.41, 5.74) is 0.574. The lowest BCUT2D eigenvalue weighted by molar-refractivity contribution is 0.0292. The number of carbonyl (C=O) groups excluding carboxylic acids is 1. The third kappa shape index (κ3) is 6.23. The molecule has 2 aromatic heterocycles. The number of hydrogen-bond donors (Lipinski definition) is 0. The van der Waals surface area contributed by atoms with Gasteiger partial charge in [-0.05, 0) is 65.0 Å². The van der Waals surface area contributed by atoms with Crippen LogP contribution in [0.1, 0.15) is 58.9 Å². The van der Waals surface area contributed by atoms with Gasteiger partial charge in [-0.1, -0.05) is 36.3 Å². The van der Waals surface area contributed by atoms with Crippen molar-refractivity contribution in [1.82, 2.24) is 24.8 Å². The highest BCUT2D eigenvalue weighted by atomic mass is 19.1.